The fourth-order valence-corrected chi connectivity index (χ4v) is 3.90. The standard InChI is InChI=1S/C22H18Cl2N2O7/c1-11-19(22(29)32-2)15(12-4-3-5-13(8-12)26(30)31)9-16(25-11)14-6-7-17(21(24)20(14)23)33-10-18(27)28/h3-9,15,25H,10H2,1-2H3,(H,27,28). The number of rotatable bonds is 7. The molecule has 0 spiro atoms. The van der Waals surface area contributed by atoms with Crippen molar-refractivity contribution >= 4 is 46.5 Å². The SMILES string of the molecule is COC(=O)C1=C(C)NC(c2ccc(OCC(=O)O)c(Cl)c2Cl)=CC1c1cccc([N+](=O)[O-])c1. The minimum absolute atomic E-state index is 0.0189. The number of nitro groups is 1. The second kappa shape index (κ2) is 9.93. The molecular weight excluding hydrogens is 475 g/mol. The minimum Gasteiger partial charge on any atom is -0.480 e. The van der Waals surface area contributed by atoms with Crippen LogP contribution in [0.2, 0.25) is 10.0 Å². The highest BCUT2D eigenvalue weighted by molar-refractivity contribution is 6.44. The molecule has 0 aromatic heterocycles. The molecule has 0 aliphatic carbocycles. The first kappa shape index (κ1) is 24.1. The number of dihydropyridines is 1. The zero-order valence-electron chi connectivity index (χ0n) is 17.4. The Bertz CT molecular complexity index is 1210. The molecule has 11 heteroatoms. The number of benzene rings is 2. The molecule has 1 aliphatic heterocycles. The summed E-state index contributed by atoms with van der Waals surface area (Å²) in [4.78, 5) is 34.0. The fourth-order valence-electron chi connectivity index (χ4n) is 3.43. The molecule has 2 aromatic carbocycles. The number of esters is 1. The molecule has 0 saturated heterocycles. The summed E-state index contributed by atoms with van der Waals surface area (Å²) in [5.74, 6) is -2.33. The first-order chi connectivity index (χ1) is 15.6. The summed E-state index contributed by atoms with van der Waals surface area (Å²) in [5, 5.41) is 23.3. The average Bonchev–Trinajstić information content (AvgIpc) is 2.79. The van der Waals surface area contributed by atoms with E-state index in [4.69, 9.17) is 37.8 Å². The van der Waals surface area contributed by atoms with Gasteiger partial charge in [0, 0.05) is 35.0 Å². The van der Waals surface area contributed by atoms with Gasteiger partial charge in [0.15, 0.2) is 6.61 Å². The highest BCUT2D eigenvalue weighted by atomic mass is 35.5. The predicted molar refractivity (Wildman–Crippen MR) is 121 cm³/mol. The Morgan fingerprint density at radius 3 is 2.58 bits per heavy atom. The van der Waals surface area contributed by atoms with Crippen molar-refractivity contribution in [3.63, 3.8) is 0 Å². The third-order valence-corrected chi connectivity index (χ3v) is 5.77. The van der Waals surface area contributed by atoms with Gasteiger partial charge < -0.3 is 19.9 Å². The van der Waals surface area contributed by atoms with E-state index in [-0.39, 0.29) is 27.1 Å². The van der Waals surface area contributed by atoms with E-state index in [1.54, 1.807) is 25.1 Å². The van der Waals surface area contributed by atoms with Crippen LogP contribution in [-0.4, -0.2) is 35.7 Å². The third kappa shape index (κ3) is 5.10. The van der Waals surface area contributed by atoms with E-state index in [1.807, 2.05) is 0 Å². The maximum Gasteiger partial charge on any atom is 0.341 e. The summed E-state index contributed by atoms with van der Waals surface area (Å²) in [6.45, 7) is 1.08. The lowest BCUT2D eigenvalue weighted by atomic mass is 9.85. The largest absolute Gasteiger partial charge is 0.480 e. The second-order valence-electron chi connectivity index (χ2n) is 6.99. The predicted octanol–water partition coefficient (Wildman–Crippen LogP) is 4.54. The van der Waals surface area contributed by atoms with Crippen LogP contribution >= 0.6 is 23.2 Å². The van der Waals surface area contributed by atoms with Gasteiger partial charge in [0.25, 0.3) is 5.69 Å². The van der Waals surface area contributed by atoms with Crippen LogP contribution in [0.4, 0.5) is 5.69 Å². The van der Waals surface area contributed by atoms with Gasteiger partial charge in [0.1, 0.15) is 10.8 Å². The van der Waals surface area contributed by atoms with Crippen molar-refractivity contribution in [2.24, 2.45) is 0 Å². The van der Waals surface area contributed by atoms with Gasteiger partial charge in [-0.1, -0.05) is 35.3 Å². The Kier molecular flexibility index (Phi) is 7.25. The summed E-state index contributed by atoms with van der Waals surface area (Å²) in [5.41, 5.74) is 2.09. The van der Waals surface area contributed by atoms with Crippen LogP contribution < -0.4 is 10.1 Å². The number of methoxy groups -OCH3 is 1. The molecule has 1 unspecified atom stereocenters. The van der Waals surface area contributed by atoms with Gasteiger partial charge in [-0.05, 0) is 30.7 Å². The molecule has 1 atom stereocenters. The van der Waals surface area contributed by atoms with E-state index < -0.39 is 29.4 Å². The number of hydrogen-bond acceptors (Lipinski definition) is 7. The summed E-state index contributed by atoms with van der Waals surface area (Å²) in [6.07, 6.45) is 1.69. The normalized spacial score (nSPS) is 15.4. The van der Waals surface area contributed by atoms with Crippen molar-refractivity contribution in [3.8, 4) is 5.75 Å². The van der Waals surface area contributed by atoms with E-state index in [1.165, 1.54) is 31.4 Å². The van der Waals surface area contributed by atoms with Crippen molar-refractivity contribution in [1.29, 1.82) is 0 Å². The smallest absolute Gasteiger partial charge is 0.341 e. The van der Waals surface area contributed by atoms with E-state index in [2.05, 4.69) is 5.32 Å². The monoisotopic (exact) mass is 492 g/mol. The number of hydrogen-bond donors (Lipinski definition) is 2. The lowest BCUT2D eigenvalue weighted by Gasteiger charge is -2.27. The van der Waals surface area contributed by atoms with E-state index in [0.717, 1.165) is 0 Å². The molecule has 0 fully saturated rings. The average molecular weight is 493 g/mol. The molecule has 172 valence electrons. The molecule has 0 amide bonds. The molecule has 2 aromatic rings. The molecule has 33 heavy (non-hydrogen) atoms. The Hall–Kier alpha value is -3.56. The first-order valence-electron chi connectivity index (χ1n) is 9.49. The number of ether oxygens (including phenoxy) is 2. The van der Waals surface area contributed by atoms with Gasteiger partial charge >= 0.3 is 11.9 Å². The third-order valence-electron chi connectivity index (χ3n) is 4.90. The number of carboxylic acids is 1. The molecule has 0 bridgehead atoms. The number of non-ortho nitro benzene ring substituents is 1. The van der Waals surface area contributed by atoms with Crippen LogP contribution in [0.3, 0.4) is 0 Å². The van der Waals surface area contributed by atoms with Crippen LogP contribution in [0, 0.1) is 10.1 Å². The van der Waals surface area contributed by atoms with Crippen molar-refractivity contribution < 1.29 is 29.1 Å². The Morgan fingerprint density at radius 2 is 1.94 bits per heavy atom. The van der Waals surface area contributed by atoms with E-state index in [9.17, 15) is 19.7 Å². The van der Waals surface area contributed by atoms with Crippen LogP contribution in [-0.2, 0) is 14.3 Å². The number of carbonyl (C=O) groups excluding carboxylic acids is 1. The van der Waals surface area contributed by atoms with Gasteiger partial charge in [0.05, 0.1) is 22.6 Å². The second-order valence-corrected chi connectivity index (χ2v) is 7.74. The Balaban J connectivity index is 2.10. The van der Waals surface area contributed by atoms with E-state index in [0.29, 0.717) is 22.5 Å². The lowest BCUT2D eigenvalue weighted by Crippen LogP contribution is -2.25. The van der Waals surface area contributed by atoms with Crippen molar-refractivity contribution in [3.05, 3.63) is 85.0 Å². The number of aliphatic carboxylic acids is 1. The number of nitrogens with zero attached hydrogens (tertiary/aromatic N) is 1. The van der Waals surface area contributed by atoms with Crippen LogP contribution in [0.5, 0.6) is 5.75 Å². The highest BCUT2D eigenvalue weighted by Crippen LogP contribution is 2.41. The molecular formula is C22H18Cl2N2O7. The summed E-state index contributed by atoms with van der Waals surface area (Å²) >= 11 is 12.7. The van der Waals surface area contributed by atoms with Crippen LogP contribution in [0.25, 0.3) is 5.70 Å². The topological polar surface area (TPSA) is 128 Å². The van der Waals surface area contributed by atoms with Crippen LogP contribution in [0.1, 0.15) is 24.0 Å². The maximum atomic E-state index is 12.5. The number of nitrogens with one attached hydrogen (secondary N) is 1. The fraction of sp³-hybridized carbons (Fsp3) is 0.182. The maximum absolute atomic E-state index is 12.5. The molecule has 0 saturated carbocycles. The van der Waals surface area contributed by atoms with Crippen molar-refractivity contribution in [2.45, 2.75) is 12.8 Å². The Labute approximate surface area is 198 Å². The van der Waals surface area contributed by atoms with Gasteiger partial charge in [-0.25, -0.2) is 9.59 Å². The van der Waals surface area contributed by atoms with Gasteiger partial charge in [-0.3, -0.25) is 10.1 Å². The Morgan fingerprint density at radius 1 is 1.21 bits per heavy atom. The summed E-state index contributed by atoms with van der Waals surface area (Å²) in [7, 11) is 1.25. The van der Waals surface area contributed by atoms with Crippen LogP contribution in [0.15, 0.2) is 53.7 Å². The summed E-state index contributed by atoms with van der Waals surface area (Å²) < 4.78 is 10.1. The zero-order valence-corrected chi connectivity index (χ0v) is 18.9. The number of nitro benzene ring substituents is 1. The van der Waals surface area contributed by atoms with Crippen molar-refractivity contribution in [2.75, 3.05) is 13.7 Å². The molecule has 9 nitrogen and oxygen atoms in total. The zero-order chi connectivity index (χ0) is 24.3. The van der Waals surface area contributed by atoms with Crippen molar-refractivity contribution in [1.82, 2.24) is 5.32 Å². The molecule has 2 N–H and O–H groups in total. The lowest BCUT2D eigenvalue weighted by molar-refractivity contribution is -0.384. The summed E-state index contributed by atoms with van der Waals surface area (Å²) in [6, 6.07) is 9.02. The number of carbonyl (C=O) groups is 2. The van der Waals surface area contributed by atoms with Gasteiger partial charge in [-0.15, -0.1) is 0 Å². The highest BCUT2D eigenvalue weighted by Gasteiger charge is 2.30. The molecule has 3 rings (SSSR count). The number of halogens is 2. The number of allylic oxidation sites excluding steroid dienone is 2. The number of carboxylic acid groups (broad SMARTS) is 1. The molecule has 1 aliphatic rings. The molecule has 0 radical (unpaired) electrons. The van der Waals surface area contributed by atoms with Gasteiger partial charge in [-0.2, -0.15) is 0 Å². The van der Waals surface area contributed by atoms with E-state index >= 15 is 0 Å². The quantitative estimate of drug-likeness (QED) is 0.327. The van der Waals surface area contributed by atoms with Gasteiger partial charge in [0.2, 0.25) is 0 Å². The first-order valence-corrected chi connectivity index (χ1v) is 10.2. The minimum atomic E-state index is -1.17. The molecule has 1 heterocycles.